The van der Waals surface area contributed by atoms with E-state index in [0.717, 1.165) is 25.8 Å². The molecule has 0 aliphatic carbocycles. The second kappa shape index (κ2) is 8.28. The maximum atomic E-state index is 12.0. The second-order valence-corrected chi connectivity index (χ2v) is 5.54. The van der Waals surface area contributed by atoms with E-state index in [1.807, 2.05) is 0 Å². The average molecular weight is 297 g/mol. The first-order valence-corrected chi connectivity index (χ1v) is 7.23. The van der Waals surface area contributed by atoms with E-state index in [4.69, 9.17) is 0 Å². The molecule has 3 nitrogen and oxygen atoms in total. The minimum atomic E-state index is 0. The number of piperidine rings is 1. The van der Waals surface area contributed by atoms with Crippen LogP contribution in [0.1, 0.15) is 37.3 Å². The lowest BCUT2D eigenvalue weighted by molar-refractivity contribution is -0.122. The van der Waals surface area contributed by atoms with E-state index in [9.17, 15) is 4.79 Å². The SMILES string of the molecule is Cc1ccc(CCC(=O)NC2CCCNC2C)cc1.Cl. The Morgan fingerprint density at radius 2 is 2.05 bits per heavy atom. The van der Waals surface area contributed by atoms with Crippen molar-refractivity contribution in [1.29, 1.82) is 0 Å². The van der Waals surface area contributed by atoms with Gasteiger partial charge >= 0.3 is 0 Å². The topological polar surface area (TPSA) is 41.1 Å². The molecule has 4 heteroatoms. The van der Waals surface area contributed by atoms with Crippen molar-refractivity contribution in [3.63, 3.8) is 0 Å². The Labute approximate surface area is 127 Å². The van der Waals surface area contributed by atoms with Crippen LogP contribution in [0, 0.1) is 6.92 Å². The smallest absolute Gasteiger partial charge is 0.220 e. The van der Waals surface area contributed by atoms with Crippen molar-refractivity contribution in [3.8, 4) is 0 Å². The molecule has 0 radical (unpaired) electrons. The van der Waals surface area contributed by atoms with Crippen molar-refractivity contribution in [3.05, 3.63) is 35.4 Å². The van der Waals surface area contributed by atoms with Gasteiger partial charge in [-0.3, -0.25) is 4.79 Å². The third-order valence-corrected chi connectivity index (χ3v) is 3.87. The maximum Gasteiger partial charge on any atom is 0.220 e. The average Bonchev–Trinajstić information content (AvgIpc) is 2.41. The molecule has 112 valence electrons. The minimum absolute atomic E-state index is 0. The minimum Gasteiger partial charge on any atom is -0.352 e. The third-order valence-electron chi connectivity index (χ3n) is 3.87. The molecule has 1 fully saturated rings. The van der Waals surface area contributed by atoms with E-state index in [-0.39, 0.29) is 18.3 Å². The highest BCUT2D eigenvalue weighted by atomic mass is 35.5. The van der Waals surface area contributed by atoms with Crippen LogP contribution in [-0.2, 0) is 11.2 Å². The van der Waals surface area contributed by atoms with Gasteiger partial charge in [0, 0.05) is 18.5 Å². The van der Waals surface area contributed by atoms with Gasteiger partial charge in [-0.05, 0) is 45.2 Å². The lowest BCUT2D eigenvalue weighted by atomic mass is 9.99. The molecule has 2 atom stereocenters. The summed E-state index contributed by atoms with van der Waals surface area (Å²) in [6.07, 6.45) is 3.63. The molecule has 20 heavy (non-hydrogen) atoms. The van der Waals surface area contributed by atoms with Crippen LogP contribution in [-0.4, -0.2) is 24.5 Å². The lowest BCUT2D eigenvalue weighted by Crippen LogP contribution is -2.51. The van der Waals surface area contributed by atoms with E-state index < -0.39 is 0 Å². The van der Waals surface area contributed by atoms with Crippen molar-refractivity contribution in [2.75, 3.05) is 6.54 Å². The van der Waals surface area contributed by atoms with E-state index in [1.165, 1.54) is 11.1 Å². The number of rotatable bonds is 4. The molecule has 1 amide bonds. The Hall–Kier alpha value is -1.06. The predicted molar refractivity (Wildman–Crippen MR) is 85.4 cm³/mol. The zero-order chi connectivity index (χ0) is 13.7. The van der Waals surface area contributed by atoms with Crippen LogP contribution >= 0.6 is 12.4 Å². The van der Waals surface area contributed by atoms with E-state index in [1.54, 1.807) is 0 Å². The van der Waals surface area contributed by atoms with Gasteiger partial charge in [0.25, 0.3) is 0 Å². The molecule has 0 saturated carbocycles. The Morgan fingerprint density at radius 1 is 1.35 bits per heavy atom. The van der Waals surface area contributed by atoms with Crippen LogP contribution in [0.2, 0.25) is 0 Å². The molecule has 0 aromatic heterocycles. The van der Waals surface area contributed by atoms with Gasteiger partial charge in [0.05, 0.1) is 0 Å². The molecule has 1 aliphatic rings. The van der Waals surface area contributed by atoms with Crippen LogP contribution < -0.4 is 10.6 Å². The van der Waals surface area contributed by atoms with E-state index in [0.29, 0.717) is 18.5 Å². The molecule has 1 heterocycles. The van der Waals surface area contributed by atoms with Crippen LogP contribution in [0.3, 0.4) is 0 Å². The van der Waals surface area contributed by atoms with Gasteiger partial charge in [-0.1, -0.05) is 29.8 Å². The molecular weight excluding hydrogens is 272 g/mol. The zero-order valence-electron chi connectivity index (χ0n) is 12.3. The Kier molecular flexibility index (Phi) is 7.03. The summed E-state index contributed by atoms with van der Waals surface area (Å²) in [5.41, 5.74) is 2.49. The molecule has 1 aromatic rings. The van der Waals surface area contributed by atoms with Crippen molar-refractivity contribution in [1.82, 2.24) is 10.6 Å². The van der Waals surface area contributed by atoms with Crippen molar-refractivity contribution < 1.29 is 4.79 Å². The Morgan fingerprint density at radius 3 is 2.70 bits per heavy atom. The second-order valence-electron chi connectivity index (χ2n) is 5.54. The highest BCUT2D eigenvalue weighted by molar-refractivity contribution is 5.85. The van der Waals surface area contributed by atoms with Crippen molar-refractivity contribution in [2.24, 2.45) is 0 Å². The van der Waals surface area contributed by atoms with Gasteiger partial charge in [-0.2, -0.15) is 0 Å². The number of carbonyl (C=O) groups excluding carboxylic acids is 1. The van der Waals surface area contributed by atoms with Crippen LogP contribution in [0.15, 0.2) is 24.3 Å². The van der Waals surface area contributed by atoms with Crippen molar-refractivity contribution >= 4 is 18.3 Å². The first kappa shape index (κ1) is 17.0. The number of carbonyl (C=O) groups is 1. The van der Waals surface area contributed by atoms with Crippen LogP contribution in [0.4, 0.5) is 0 Å². The van der Waals surface area contributed by atoms with E-state index >= 15 is 0 Å². The zero-order valence-corrected chi connectivity index (χ0v) is 13.1. The Balaban J connectivity index is 0.00000200. The molecule has 2 N–H and O–H groups in total. The summed E-state index contributed by atoms with van der Waals surface area (Å²) in [6.45, 7) is 5.29. The summed E-state index contributed by atoms with van der Waals surface area (Å²) in [7, 11) is 0. The molecule has 0 spiro atoms. The maximum absolute atomic E-state index is 12.0. The number of aryl methyl sites for hydroxylation is 2. The standard InChI is InChI=1S/C16H24N2O.ClH/c1-12-5-7-14(8-6-12)9-10-16(19)18-15-4-3-11-17-13(15)2;/h5-8,13,15,17H,3-4,9-11H2,1-2H3,(H,18,19);1H. The fourth-order valence-electron chi connectivity index (χ4n) is 2.53. The number of halogens is 1. The summed E-state index contributed by atoms with van der Waals surface area (Å²) in [4.78, 5) is 12.0. The number of benzene rings is 1. The molecular formula is C16H25ClN2O. The first-order chi connectivity index (χ1) is 9.15. The third kappa shape index (κ3) is 5.14. The van der Waals surface area contributed by atoms with Crippen molar-refractivity contribution in [2.45, 2.75) is 51.6 Å². The molecule has 2 unspecified atom stereocenters. The monoisotopic (exact) mass is 296 g/mol. The van der Waals surface area contributed by atoms with Gasteiger partial charge in [0.15, 0.2) is 0 Å². The summed E-state index contributed by atoms with van der Waals surface area (Å²) < 4.78 is 0. The molecule has 0 bridgehead atoms. The van der Waals surface area contributed by atoms with E-state index in [2.05, 4.69) is 48.7 Å². The summed E-state index contributed by atoms with van der Waals surface area (Å²) in [5.74, 6) is 0.168. The fourth-order valence-corrected chi connectivity index (χ4v) is 2.53. The first-order valence-electron chi connectivity index (χ1n) is 7.23. The van der Waals surface area contributed by atoms with Gasteiger partial charge in [0.1, 0.15) is 0 Å². The quantitative estimate of drug-likeness (QED) is 0.897. The van der Waals surface area contributed by atoms with Gasteiger partial charge < -0.3 is 10.6 Å². The molecule has 1 aromatic carbocycles. The number of nitrogens with one attached hydrogen (secondary N) is 2. The predicted octanol–water partition coefficient (Wildman–Crippen LogP) is 2.61. The van der Waals surface area contributed by atoms with Crippen LogP contribution in [0.5, 0.6) is 0 Å². The highest BCUT2D eigenvalue weighted by Crippen LogP contribution is 2.09. The normalized spacial score (nSPS) is 21.9. The van der Waals surface area contributed by atoms with Gasteiger partial charge in [0.2, 0.25) is 5.91 Å². The largest absolute Gasteiger partial charge is 0.352 e. The molecule has 1 saturated heterocycles. The fraction of sp³-hybridized carbons (Fsp3) is 0.562. The van der Waals surface area contributed by atoms with Gasteiger partial charge in [-0.15, -0.1) is 12.4 Å². The summed E-state index contributed by atoms with van der Waals surface area (Å²) in [6, 6.07) is 9.08. The lowest BCUT2D eigenvalue weighted by Gasteiger charge is -2.30. The van der Waals surface area contributed by atoms with Gasteiger partial charge in [-0.25, -0.2) is 0 Å². The Bertz CT molecular complexity index is 419. The molecule has 2 rings (SSSR count). The van der Waals surface area contributed by atoms with Crippen LogP contribution in [0.25, 0.3) is 0 Å². The number of amides is 1. The summed E-state index contributed by atoms with van der Waals surface area (Å²) >= 11 is 0. The summed E-state index contributed by atoms with van der Waals surface area (Å²) in [5, 5.41) is 6.55. The number of hydrogen-bond acceptors (Lipinski definition) is 2. The number of hydrogen-bond donors (Lipinski definition) is 2. The highest BCUT2D eigenvalue weighted by Gasteiger charge is 2.21. The molecule has 1 aliphatic heterocycles.